The number of benzene rings is 1. The van der Waals surface area contributed by atoms with Crippen molar-refractivity contribution in [2.45, 2.75) is 58.3 Å². The van der Waals surface area contributed by atoms with Crippen molar-refractivity contribution in [3.8, 4) is 5.75 Å². The molecule has 0 fully saturated rings. The van der Waals surface area contributed by atoms with Gasteiger partial charge in [-0.15, -0.1) is 0 Å². The van der Waals surface area contributed by atoms with E-state index in [9.17, 15) is 5.11 Å². The predicted molar refractivity (Wildman–Crippen MR) is 74.2 cm³/mol. The van der Waals surface area contributed by atoms with Gasteiger partial charge in [0, 0.05) is 11.8 Å². The van der Waals surface area contributed by atoms with Gasteiger partial charge in [0.05, 0.1) is 0 Å². The van der Waals surface area contributed by atoms with Crippen molar-refractivity contribution >= 4 is 5.69 Å². The van der Waals surface area contributed by atoms with Gasteiger partial charge in [-0.3, -0.25) is 0 Å². The van der Waals surface area contributed by atoms with Gasteiger partial charge >= 0.3 is 0 Å². The van der Waals surface area contributed by atoms with Crippen molar-refractivity contribution in [2.75, 3.05) is 5.73 Å². The summed E-state index contributed by atoms with van der Waals surface area (Å²) in [5, 5.41) is 9.68. The fourth-order valence-electron chi connectivity index (χ4n) is 2.06. The lowest BCUT2D eigenvalue weighted by atomic mass is 10.0. The maximum absolute atomic E-state index is 9.68. The van der Waals surface area contributed by atoms with Crippen LogP contribution >= 0.6 is 0 Å². The highest BCUT2D eigenvalue weighted by Crippen LogP contribution is 2.22. The summed E-state index contributed by atoms with van der Waals surface area (Å²) in [4.78, 5) is 0. The normalized spacial score (nSPS) is 10.6. The van der Waals surface area contributed by atoms with E-state index in [1.807, 2.05) is 12.1 Å². The molecule has 1 rings (SSSR count). The molecule has 0 aromatic heterocycles. The smallest absolute Gasteiger partial charge is 0.120 e. The molecule has 0 heterocycles. The number of aromatic hydroxyl groups is 1. The van der Waals surface area contributed by atoms with Crippen LogP contribution in [0.1, 0.15) is 57.4 Å². The summed E-state index contributed by atoms with van der Waals surface area (Å²) in [5.41, 5.74) is 7.24. The molecular weight excluding hydrogens is 210 g/mol. The highest BCUT2D eigenvalue weighted by molar-refractivity contribution is 5.47. The third kappa shape index (κ3) is 5.62. The van der Waals surface area contributed by atoms with E-state index in [0.717, 1.165) is 18.4 Å². The number of nitrogen functional groups attached to an aromatic ring is 1. The molecule has 0 atom stereocenters. The van der Waals surface area contributed by atoms with Gasteiger partial charge in [0.15, 0.2) is 0 Å². The SMILES string of the molecule is CCCCCCCCCc1ccc(N)cc1O. The molecule has 2 nitrogen and oxygen atoms in total. The molecule has 96 valence electrons. The Morgan fingerprint density at radius 3 is 2.29 bits per heavy atom. The molecule has 2 heteroatoms. The molecule has 0 radical (unpaired) electrons. The first-order valence-corrected chi connectivity index (χ1v) is 6.81. The number of rotatable bonds is 8. The highest BCUT2D eigenvalue weighted by Gasteiger charge is 2.01. The van der Waals surface area contributed by atoms with Crippen molar-refractivity contribution in [1.82, 2.24) is 0 Å². The Morgan fingerprint density at radius 1 is 1.00 bits per heavy atom. The standard InChI is InChI=1S/C15H25NO/c1-2-3-4-5-6-7-8-9-13-10-11-14(16)12-15(13)17/h10-12,17H,2-9,16H2,1H3. The van der Waals surface area contributed by atoms with E-state index in [2.05, 4.69) is 6.92 Å². The van der Waals surface area contributed by atoms with E-state index in [1.54, 1.807) is 6.07 Å². The molecular formula is C15H25NO. The molecule has 1 aromatic rings. The van der Waals surface area contributed by atoms with E-state index in [-0.39, 0.29) is 0 Å². The molecule has 0 saturated carbocycles. The molecule has 0 amide bonds. The molecule has 17 heavy (non-hydrogen) atoms. The molecule has 3 N–H and O–H groups in total. The minimum atomic E-state index is 0.344. The van der Waals surface area contributed by atoms with Crippen LogP contribution in [0.4, 0.5) is 5.69 Å². The van der Waals surface area contributed by atoms with Crippen LogP contribution in [0, 0.1) is 0 Å². The van der Waals surface area contributed by atoms with Crippen LogP contribution in [0.25, 0.3) is 0 Å². The maximum Gasteiger partial charge on any atom is 0.120 e. The summed E-state index contributed by atoms with van der Waals surface area (Å²) in [6.45, 7) is 2.24. The quantitative estimate of drug-likeness (QED) is 0.522. The van der Waals surface area contributed by atoms with Gasteiger partial charge in [-0.2, -0.15) is 0 Å². The Bertz CT molecular complexity index is 323. The Kier molecular flexibility index (Phi) is 6.53. The average molecular weight is 235 g/mol. The van der Waals surface area contributed by atoms with Gasteiger partial charge < -0.3 is 10.8 Å². The van der Waals surface area contributed by atoms with Crippen molar-refractivity contribution < 1.29 is 5.11 Å². The summed E-state index contributed by atoms with van der Waals surface area (Å²) < 4.78 is 0. The summed E-state index contributed by atoms with van der Waals surface area (Å²) in [7, 11) is 0. The van der Waals surface area contributed by atoms with Crippen molar-refractivity contribution in [3.63, 3.8) is 0 Å². The Morgan fingerprint density at radius 2 is 1.65 bits per heavy atom. The predicted octanol–water partition coefficient (Wildman–Crippen LogP) is 4.27. The molecule has 0 aliphatic rings. The van der Waals surface area contributed by atoms with Gasteiger partial charge in [-0.05, 0) is 24.5 Å². The molecule has 0 saturated heterocycles. The Balaban J connectivity index is 2.14. The van der Waals surface area contributed by atoms with Crippen molar-refractivity contribution in [1.29, 1.82) is 0 Å². The summed E-state index contributed by atoms with van der Waals surface area (Å²) in [5.74, 6) is 0.344. The number of hydrogen-bond acceptors (Lipinski definition) is 2. The zero-order chi connectivity index (χ0) is 12.5. The van der Waals surface area contributed by atoms with Crippen LogP contribution in [0.5, 0.6) is 5.75 Å². The van der Waals surface area contributed by atoms with Crippen LogP contribution in [-0.2, 0) is 6.42 Å². The Labute approximate surface area is 105 Å². The number of nitrogens with two attached hydrogens (primary N) is 1. The first-order chi connectivity index (χ1) is 8.24. The second kappa shape index (κ2) is 7.99. The van der Waals surface area contributed by atoms with E-state index in [4.69, 9.17) is 5.73 Å². The summed E-state index contributed by atoms with van der Waals surface area (Å²) in [6, 6.07) is 5.43. The van der Waals surface area contributed by atoms with E-state index in [1.165, 1.54) is 38.5 Å². The number of anilines is 1. The molecule has 0 bridgehead atoms. The Hall–Kier alpha value is -1.18. The number of phenolic OH excluding ortho intramolecular Hbond substituents is 1. The lowest BCUT2D eigenvalue weighted by Crippen LogP contribution is -1.90. The van der Waals surface area contributed by atoms with Gasteiger partial charge in [0.2, 0.25) is 0 Å². The number of unbranched alkanes of at least 4 members (excludes halogenated alkanes) is 6. The summed E-state index contributed by atoms with van der Waals surface area (Å²) in [6.07, 6.45) is 10.1. The summed E-state index contributed by atoms with van der Waals surface area (Å²) >= 11 is 0. The van der Waals surface area contributed by atoms with Crippen molar-refractivity contribution in [2.24, 2.45) is 0 Å². The van der Waals surface area contributed by atoms with Gasteiger partial charge in [-0.25, -0.2) is 0 Å². The van der Waals surface area contributed by atoms with Crippen LogP contribution in [-0.4, -0.2) is 5.11 Å². The number of aryl methyl sites for hydroxylation is 1. The molecule has 0 aliphatic carbocycles. The maximum atomic E-state index is 9.68. The first-order valence-electron chi connectivity index (χ1n) is 6.81. The number of phenols is 1. The molecule has 0 aliphatic heterocycles. The van der Waals surface area contributed by atoms with E-state index < -0.39 is 0 Å². The molecule has 0 unspecified atom stereocenters. The topological polar surface area (TPSA) is 46.2 Å². The number of hydrogen-bond donors (Lipinski definition) is 2. The van der Waals surface area contributed by atoms with Crippen molar-refractivity contribution in [3.05, 3.63) is 23.8 Å². The highest BCUT2D eigenvalue weighted by atomic mass is 16.3. The minimum Gasteiger partial charge on any atom is -0.508 e. The van der Waals surface area contributed by atoms with E-state index in [0.29, 0.717) is 11.4 Å². The second-order valence-electron chi connectivity index (χ2n) is 4.76. The third-order valence-corrected chi connectivity index (χ3v) is 3.16. The van der Waals surface area contributed by atoms with Gasteiger partial charge in [-0.1, -0.05) is 51.5 Å². The fourth-order valence-corrected chi connectivity index (χ4v) is 2.06. The average Bonchev–Trinajstić information content (AvgIpc) is 2.30. The van der Waals surface area contributed by atoms with Crippen LogP contribution in [0.15, 0.2) is 18.2 Å². The largest absolute Gasteiger partial charge is 0.508 e. The zero-order valence-corrected chi connectivity index (χ0v) is 10.9. The lowest BCUT2D eigenvalue weighted by Gasteiger charge is -2.05. The van der Waals surface area contributed by atoms with Crippen LogP contribution in [0.3, 0.4) is 0 Å². The van der Waals surface area contributed by atoms with Gasteiger partial charge in [0.1, 0.15) is 5.75 Å². The fraction of sp³-hybridized carbons (Fsp3) is 0.600. The molecule has 0 spiro atoms. The monoisotopic (exact) mass is 235 g/mol. The van der Waals surface area contributed by atoms with Crippen LogP contribution in [0.2, 0.25) is 0 Å². The van der Waals surface area contributed by atoms with Gasteiger partial charge in [0.25, 0.3) is 0 Å². The lowest BCUT2D eigenvalue weighted by molar-refractivity contribution is 0.466. The van der Waals surface area contributed by atoms with Crippen LogP contribution < -0.4 is 5.73 Å². The second-order valence-corrected chi connectivity index (χ2v) is 4.76. The molecule has 1 aromatic carbocycles. The first kappa shape index (κ1) is 13.9. The van der Waals surface area contributed by atoms with E-state index >= 15 is 0 Å². The third-order valence-electron chi connectivity index (χ3n) is 3.16. The minimum absolute atomic E-state index is 0.344. The zero-order valence-electron chi connectivity index (χ0n) is 10.9.